The van der Waals surface area contributed by atoms with E-state index in [1.54, 1.807) is 0 Å². The summed E-state index contributed by atoms with van der Waals surface area (Å²) in [6.45, 7) is 5.88. The fraction of sp³-hybridized carbons (Fsp3) is 0.471. The quantitative estimate of drug-likeness (QED) is 0.905. The first-order chi connectivity index (χ1) is 10.1. The zero-order valence-electron chi connectivity index (χ0n) is 12.7. The second-order valence-electron chi connectivity index (χ2n) is 6.04. The van der Waals surface area contributed by atoms with Crippen LogP contribution in [0, 0.1) is 12.8 Å². The minimum Gasteiger partial charge on any atom is -0.397 e. The zero-order chi connectivity index (χ0) is 15.0. The average Bonchev–Trinajstić information content (AvgIpc) is 3.22. The van der Waals surface area contributed by atoms with Gasteiger partial charge in [-0.1, -0.05) is 18.6 Å². The normalized spacial score (nSPS) is 14.6. The standard InChI is InChI=1S/C17H22N2OS/c1-3-8-19(10-12-5-6-12)17(20)16-15(18)13-9-11(2)4-7-14(13)21-16/h4,7,9,12H,3,5-6,8,10,18H2,1-2H3. The first-order valence-corrected chi connectivity index (χ1v) is 8.49. The Bertz CT molecular complexity index is 673. The van der Waals surface area contributed by atoms with Crippen LogP contribution in [-0.2, 0) is 0 Å². The summed E-state index contributed by atoms with van der Waals surface area (Å²) in [4.78, 5) is 15.5. The summed E-state index contributed by atoms with van der Waals surface area (Å²) in [5, 5.41) is 1.02. The molecule has 1 amide bonds. The van der Waals surface area contributed by atoms with E-state index >= 15 is 0 Å². The van der Waals surface area contributed by atoms with Crippen molar-refractivity contribution in [3.05, 3.63) is 28.6 Å². The van der Waals surface area contributed by atoms with Gasteiger partial charge in [0.05, 0.1) is 5.69 Å². The molecule has 0 spiro atoms. The molecular weight excluding hydrogens is 280 g/mol. The lowest BCUT2D eigenvalue weighted by Gasteiger charge is -2.21. The molecule has 0 aliphatic heterocycles. The monoisotopic (exact) mass is 302 g/mol. The van der Waals surface area contributed by atoms with Gasteiger partial charge in [-0.15, -0.1) is 11.3 Å². The van der Waals surface area contributed by atoms with Gasteiger partial charge in [-0.05, 0) is 44.2 Å². The minimum absolute atomic E-state index is 0.111. The van der Waals surface area contributed by atoms with Crippen LogP contribution in [0.2, 0.25) is 0 Å². The van der Waals surface area contributed by atoms with Crippen LogP contribution in [0.4, 0.5) is 5.69 Å². The van der Waals surface area contributed by atoms with Gasteiger partial charge in [0.1, 0.15) is 4.88 Å². The molecule has 1 heterocycles. The Morgan fingerprint density at radius 1 is 1.43 bits per heavy atom. The van der Waals surface area contributed by atoms with E-state index in [0.29, 0.717) is 16.5 Å². The molecule has 0 radical (unpaired) electrons. The van der Waals surface area contributed by atoms with Gasteiger partial charge in [0.2, 0.25) is 0 Å². The summed E-state index contributed by atoms with van der Waals surface area (Å²) in [5.41, 5.74) is 8.08. The average molecular weight is 302 g/mol. The fourth-order valence-corrected chi connectivity index (χ4v) is 3.76. The summed E-state index contributed by atoms with van der Waals surface area (Å²) in [6.07, 6.45) is 3.51. The number of fused-ring (bicyclic) bond motifs is 1. The number of carbonyl (C=O) groups is 1. The third kappa shape index (κ3) is 2.91. The molecule has 1 aliphatic carbocycles. The summed E-state index contributed by atoms with van der Waals surface area (Å²) in [6, 6.07) is 6.21. The molecule has 2 aromatic rings. The molecule has 1 fully saturated rings. The zero-order valence-corrected chi connectivity index (χ0v) is 13.5. The Balaban J connectivity index is 1.93. The Hall–Kier alpha value is -1.55. The van der Waals surface area contributed by atoms with E-state index in [1.807, 2.05) is 4.90 Å². The van der Waals surface area contributed by atoms with Crippen molar-refractivity contribution in [1.29, 1.82) is 0 Å². The number of hydrogen-bond donors (Lipinski definition) is 1. The van der Waals surface area contributed by atoms with Crippen molar-refractivity contribution in [3.8, 4) is 0 Å². The van der Waals surface area contributed by atoms with Crippen molar-refractivity contribution in [2.45, 2.75) is 33.1 Å². The molecule has 2 N–H and O–H groups in total. The molecule has 4 heteroatoms. The highest BCUT2D eigenvalue weighted by molar-refractivity contribution is 7.21. The molecule has 21 heavy (non-hydrogen) atoms. The Labute approximate surface area is 129 Å². The number of amides is 1. The fourth-order valence-electron chi connectivity index (χ4n) is 2.69. The first kappa shape index (κ1) is 14.4. The van der Waals surface area contributed by atoms with E-state index in [9.17, 15) is 4.79 Å². The first-order valence-electron chi connectivity index (χ1n) is 7.68. The SMILES string of the molecule is CCCN(CC1CC1)C(=O)c1sc2ccc(C)cc2c1N. The molecule has 3 rings (SSSR count). The van der Waals surface area contributed by atoms with Crippen LogP contribution >= 0.6 is 11.3 Å². The Kier molecular flexibility index (Phi) is 3.89. The molecule has 1 aliphatic rings. The van der Waals surface area contributed by atoms with Gasteiger partial charge in [0, 0.05) is 23.2 Å². The Morgan fingerprint density at radius 3 is 2.86 bits per heavy atom. The smallest absolute Gasteiger partial charge is 0.266 e. The lowest BCUT2D eigenvalue weighted by molar-refractivity contribution is 0.0753. The van der Waals surface area contributed by atoms with Gasteiger partial charge in [-0.3, -0.25) is 4.79 Å². The highest BCUT2D eigenvalue weighted by Gasteiger charge is 2.28. The van der Waals surface area contributed by atoms with Crippen molar-refractivity contribution in [1.82, 2.24) is 4.90 Å². The van der Waals surface area contributed by atoms with Crippen LogP contribution in [0.15, 0.2) is 18.2 Å². The summed E-state index contributed by atoms with van der Waals surface area (Å²) >= 11 is 1.53. The maximum atomic E-state index is 12.8. The molecule has 3 nitrogen and oxygen atoms in total. The van der Waals surface area contributed by atoms with Crippen molar-refractivity contribution >= 4 is 33.0 Å². The van der Waals surface area contributed by atoms with Gasteiger partial charge in [0.15, 0.2) is 0 Å². The highest BCUT2D eigenvalue weighted by atomic mass is 32.1. The number of rotatable bonds is 5. The van der Waals surface area contributed by atoms with E-state index in [0.717, 1.165) is 29.6 Å². The van der Waals surface area contributed by atoms with E-state index in [4.69, 9.17) is 5.73 Å². The molecule has 1 saturated carbocycles. The number of benzene rings is 1. The molecular formula is C17H22N2OS. The van der Waals surface area contributed by atoms with Gasteiger partial charge in [-0.2, -0.15) is 0 Å². The van der Waals surface area contributed by atoms with Gasteiger partial charge >= 0.3 is 0 Å². The van der Waals surface area contributed by atoms with Crippen molar-refractivity contribution in [3.63, 3.8) is 0 Å². The lowest BCUT2D eigenvalue weighted by Crippen LogP contribution is -2.33. The van der Waals surface area contributed by atoms with Crippen molar-refractivity contribution in [2.75, 3.05) is 18.8 Å². The number of nitrogens with two attached hydrogens (primary N) is 1. The van der Waals surface area contributed by atoms with Crippen LogP contribution in [0.3, 0.4) is 0 Å². The maximum absolute atomic E-state index is 12.8. The van der Waals surface area contributed by atoms with Crippen LogP contribution in [0.1, 0.15) is 41.4 Å². The third-order valence-electron chi connectivity index (χ3n) is 4.03. The summed E-state index contributed by atoms with van der Waals surface area (Å²) in [5.74, 6) is 0.818. The topological polar surface area (TPSA) is 46.3 Å². The van der Waals surface area contributed by atoms with E-state index in [-0.39, 0.29) is 5.91 Å². The second kappa shape index (κ2) is 5.68. The summed E-state index contributed by atoms with van der Waals surface area (Å²) < 4.78 is 1.10. The number of aryl methyl sites for hydroxylation is 1. The molecule has 1 aromatic heterocycles. The van der Waals surface area contributed by atoms with Crippen LogP contribution in [0.5, 0.6) is 0 Å². The molecule has 0 saturated heterocycles. The number of anilines is 1. The van der Waals surface area contributed by atoms with Crippen LogP contribution < -0.4 is 5.73 Å². The molecule has 112 valence electrons. The van der Waals surface area contributed by atoms with Crippen molar-refractivity contribution < 1.29 is 4.79 Å². The second-order valence-corrected chi connectivity index (χ2v) is 7.09. The van der Waals surface area contributed by atoms with Crippen LogP contribution in [0.25, 0.3) is 10.1 Å². The maximum Gasteiger partial charge on any atom is 0.266 e. The number of nitrogens with zero attached hydrogens (tertiary/aromatic N) is 1. The highest BCUT2D eigenvalue weighted by Crippen LogP contribution is 2.36. The van der Waals surface area contributed by atoms with Crippen molar-refractivity contribution in [2.24, 2.45) is 5.92 Å². The van der Waals surface area contributed by atoms with Gasteiger partial charge < -0.3 is 10.6 Å². The number of hydrogen-bond acceptors (Lipinski definition) is 3. The molecule has 1 aromatic carbocycles. The van der Waals surface area contributed by atoms with Gasteiger partial charge in [0.25, 0.3) is 5.91 Å². The van der Waals surface area contributed by atoms with E-state index in [2.05, 4.69) is 32.0 Å². The van der Waals surface area contributed by atoms with E-state index < -0.39 is 0 Å². The lowest BCUT2D eigenvalue weighted by atomic mass is 10.1. The molecule has 0 atom stereocenters. The third-order valence-corrected chi connectivity index (χ3v) is 5.21. The Morgan fingerprint density at radius 2 is 2.19 bits per heavy atom. The minimum atomic E-state index is 0.111. The number of thiophene rings is 1. The summed E-state index contributed by atoms with van der Waals surface area (Å²) in [7, 11) is 0. The predicted octanol–water partition coefficient (Wildman–Crippen LogP) is 4.05. The molecule has 0 unspecified atom stereocenters. The number of nitrogen functional groups attached to an aromatic ring is 1. The van der Waals surface area contributed by atoms with Crippen LogP contribution in [-0.4, -0.2) is 23.9 Å². The van der Waals surface area contributed by atoms with Gasteiger partial charge in [-0.25, -0.2) is 0 Å². The largest absolute Gasteiger partial charge is 0.397 e. The van der Waals surface area contributed by atoms with E-state index in [1.165, 1.54) is 29.7 Å². The molecule has 0 bridgehead atoms. The number of carbonyl (C=O) groups excluding carboxylic acids is 1. The predicted molar refractivity (Wildman–Crippen MR) is 89.9 cm³/mol.